The number of anilines is 1. The number of aliphatic carboxylic acids is 1. The summed E-state index contributed by atoms with van der Waals surface area (Å²) >= 11 is 0. The quantitative estimate of drug-likeness (QED) is 0.827. The van der Waals surface area contributed by atoms with Crippen LogP contribution >= 0.6 is 0 Å². The van der Waals surface area contributed by atoms with E-state index in [4.69, 9.17) is 0 Å². The molecule has 1 unspecified atom stereocenters. The lowest BCUT2D eigenvalue weighted by Gasteiger charge is -2.30. The fraction of sp³-hybridized carbons (Fsp3) is 0.462. The number of nitrogens with one attached hydrogen (secondary N) is 1. The molecule has 0 bridgehead atoms. The van der Waals surface area contributed by atoms with Crippen LogP contribution in [0.1, 0.15) is 26.2 Å². The van der Waals surface area contributed by atoms with Crippen molar-refractivity contribution < 1.29 is 14.3 Å². The molecule has 1 aromatic carbocycles. The summed E-state index contributed by atoms with van der Waals surface area (Å²) in [6.45, 7) is 1.85. The smallest absolute Gasteiger partial charge is 0.329 e. The first-order valence-corrected chi connectivity index (χ1v) is 5.85. The molecule has 1 saturated carbocycles. The highest BCUT2D eigenvalue weighted by atomic mass is 19.1. The first kappa shape index (κ1) is 11.9. The van der Waals surface area contributed by atoms with Crippen LogP contribution in [0.4, 0.5) is 10.1 Å². The van der Waals surface area contributed by atoms with E-state index < -0.39 is 11.5 Å². The molecule has 1 aromatic rings. The number of hydrogen-bond acceptors (Lipinski definition) is 2. The number of rotatable bonds is 5. The lowest BCUT2D eigenvalue weighted by atomic mass is 9.89. The highest BCUT2D eigenvalue weighted by molar-refractivity contribution is 5.83. The van der Waals surface area contributed by atoms with Crippen molar-refractivity contribution in [3.8, 4) is 0 Å². The molecule has 0 aliphatic heterocycles. The second-order valence-corrected chi connectivity index (χ2v) is 4.54. The van der Waals surface area contributed by atoms with Crippen LogP contribution in [0.2, 0.25) is 0 Å². The Morgan fingerprint density at radius 3 is 2.76 bits per heavy atom. The van der Waals surface area contributed by atoms with E-state index in [2.05, 4.69) is 5.32 Å². The Bertz CT molecular complexity index is 431. The largest absolute Gasteiger partial charge is 0.479 e. The molecule has 0 aromatic heterocycles. The Hall–Kier alpha value is -1.58. The Balaban J connectivity index is 2.26. The zero-order valence-corrected chi connectivity index (χ0v) is 9.74. The molecule has 1 aliphatic rings. The Labute approximate surface area is 99.7 Å². The second kappa shape index (κ2) is 4.35. The van der Waals surface area contributed by atoms with Crippen LogP contribution in [0.25, 0.3) is 0 Å². The molecule has 92 valence electrons. The van der Waals surface area contributed by atoms with Gasteiger partial charge in [0.2, 0.25) is 0 Å². The molecule has 0 saturated heterocycles. The predicted octanol–water partition coefficient (Wildman–Crippen LogP) is 2.88. The van der Waals surface area contributed by atoms with E-state index in [1.54, 1.807) is 12.1 Å². The average molecular weight is 237 g/mol. The van der Waals surface area contributed by atoms with Gasteiger partial charge in [-0.05, 0) is 43.4 Å². The van der Waals surface area contributed by atoms with Gasteiger partial charge in [-0.3, -0.25) is 0 Å². The number of hydrogen-bond donors (Lipinski definition) is 2. The first-order chi connectivity index (χ1) is 8.08. The van der Waals surface area contributed by atoms with Crippen molar-refractivity contribution in [3.63, 3.8) is 0 Å². The Morgan fingerprint density at radius 1 is 1.59 bits per heavy atom. The van der Waals surface area contributed by atoms with E-state index in [9.17, 15) is 14.3 Å². The normalized spacial score (nSPS) is 18.5. The predicted molar refractivity (Wildman–Crippen MR) is 63.4 cm³/mol. The van der Waals surface area contributed by atoms with Crippen LogP contribution in [-0.4, -0.2) is 16.6 Å². The number of carboxylic acids is 1. The molecule has 4 heteroatoms. The van der Waals surface area contributed by atoms with Crippen molar-refractivity contribution >= 4 is 11.7 Å². The van der Waals surface area contributed by atoms with E-state index in [-0.39, 0.29) is 11.7 Å². The highest BCUT2D eigenvalue weighted by Gasteiger charge is 2.50. The summed E-state index contributed by atoms with van der Waals surface area (Å²) in [7, 11) is 0. The minimum Gasteiger partial charge on any atom is -0.479 e. The fourth-order valence-corrected chi connectivity index (χ4v) is 2.26. The van der Waals surface area contributed by atoms with Gasteiger partial charge in [0.1, 0.15) is 11.4 Å². The minimum absolute atomic E-state index is 0.147. The zero-order chi connectivity index (χ0) is 12.5. The topological polar surface area (TPSA) is 49.3 Å². The molecule has 3 nitrogen and oxygen atoms in total. The molecule has 0 heterocycles. The molecule has 2 rings (SSSR count). The van der Waals surface area contributed by atoms with Gasteiger partial charge in [0.15, 0.2) is 0 Å². The summed E-state index contributed by atoms with van der Waals surface area (Å²) in [5.74, 6) is -1.07. The van der Waals surface area contributed by atoms with Gasteiger partial charge in [-0.15, -0.1) is 0 Å². The fourth-order valence-electron chi connectivity index (χ4n) is 2.26. The van der Waals surface area contributed by atoms with Crippen LogP contribution in [0.15, 0.2) is 24.3 Å². The van der Waals surface area contributed by atoms with E-state index in [0.29, 0.717) is 12.1 Å². The number of carboxylic acid groups (broad SMARTS) is 1. The molecular formula is C13H16FNO2. The zero-order valence-electron chi connectivity index (χ0n) is 9.74. The molecule has 2 N–H and O–H groups in total. The van der Waals surface area contributed by atoms with Crippen molar-refractivity contribution in [1.82, 2.24) is 0 Å². The molecule has 17 heavy (non-hydrogen) atoms. The summed E-state index contributed by atoms with van der Waals surface area (Å²) in [6.07, 6.45) is 2.33. The third-order valence-electron chi connectivity index (χ3n) is 3.41. The van der Waals surface area contributed by atoms with Crippen molar-refractivity contribution in [2.45, 2.75) is 31.7 Å². The molecule has 1 atom stereocenters. The maximum atomic E-state index is 13.1. The molecule has 1 fully saturated rings. The second-order valence-electron chi connectivity index (χ2n) is 4.54. The van der Waals surface area contributed by atoms with Gasteiger partial charge >= 0.3 is 5.97 Å². The van der Waals surface area contributed by atoms with Gasteiger partial charge in [-0.25, -0.2) is 9.18 Å². The SMILES string of the molecule is CCC(Nc1cccc(F)c1)(C(=O)O)C1CC1. The Morgan fingerprint density at radius 2 is 2.29 bits per heavy atom. The van der Waals surface area contributed by atoms with Gasteiger partial charge in [-0.1, -0.05) is 13.0 Å². The molecule has 0 radical (unpaired) electrons. The standard InChI is InChI=1S/C13H16FNO2/c1-2-13(12(16)17,9-6-7-9)15-11-5-3-4-10(14)8-11/h3-5,8-9,15H,2,6-7H2,1H3,(H,16,17). The monoisotopic (exact) mass is 237 g/mol. The van der Waals surface area contributed by atoms with Gasteiger partial charge < -0.3 is 10.4 Å². The van der Waals surface area contributed by atoms with Crippen molar-refractivity contribution in [1.29, 1.82) is 0 Å². The summed E-state index contributed by atoms with van der Waals surface area (Å²) in [4.78, 5) is 11.5. The third-order valence-corrected chi connectivity index (χ3v) is 3.41. The first-order valence-electron chi connectivity index (χ1n) is 5.85. The van der Waals surface area contributed by atoms with E-state index in [1.807, 2.05) is 6.92 Å². The summed E-state index contributed by atoms with van der Waals surface area (Å²) in [5.41, 5.74) is -0.422. The molecule has 0 amide bonds. The van der Waals surface area contributed by atoms with Gasteiger partial charge in [-0.2, -0.15) is 0 Å². The lowest BCUT2D eigenvalue weighted by molar-refractivity contribution is -0.143. The van der Waals surface area contributed by atoms with Crippen LogP contribution in [0.3, 0.4) is 0 Å². The van der Waals surface area contributed by atoms with E-state index in [0.717, 1.165) is 12.8 Å². The number of carbonyl (C=O) groups is 1. The molecule has 1 aliphatic carbocycles. The number of halogens is 1. The molecular weight excluding hydrogens is 221 g/mol. The highest BCUT2D eigenvalue weighted by Crippen LogP contribution is 2.43. The van der Waals surface area contributed by atoms with Crippen LogP contribution in [0.5, 0.6) is 0 Å². The summed E-state index contributed by atoms with van der Waals surface area (Å²) < 4.78 is 13.1. The summed E-state index contributed by atoms with van der Waals surface area (Å²) in [5, 5.41) is 12.4. The molecule has 0 spiro atoms. The van der Waals surface area contributed by atoms with Gasteiger partial charge in [0.05, 0.1) is 0 Å². The average Bonchev–Trinajstić information content (AvgIpc) is 3.09. The third kappa shape index (κ3) is 2.25. The maximum Gasteiger partial charge on any atom is 0.329 e. The number of benzene rings is 1. The lowest BCUT2D eigenvalue weighted by Crippen LogP contribution is -2.48. The minimum atomic E-state index is -0.951. The van der Waals surface area contributed by atoms with Crippen molar-refractivity contribution in [3.05, 3.63) is 30.1 Å². The van der Waals surface area contributed by atoms with Crippen LogP contribution < -0.4 is 5.32 Å². The van der Waals surface area contributed by atoms with Gasteiger partial charge in [0, 0.05) is 5.69 Å². The summed E-state index contributed by atoms with van der Waals surface area (Å²) in [6, 6.07) is 5.94. The van der Waals surface area contributed by atoms with Crippen molar-refractivity contribution in [2.75, 3.05) is 5.32 Å². The van der Waals surface area contributed by atoms with Crippen molar-refractivity contribution in [2.24, 2.45) is 5.92 Å². The maximum absolute atomic E-state index is 13.1. The van der Waals surface area contributed by atoms with Crippen LogP contribution in [0, 0.1) is 11.7 Å². The van der Waals surface area contributed by atoms with Crippen LogP contribution in [-0.2, 0) is 4.79 Å². The van der Waals surface area contributed by atoms with Gasteiger partial charge in [0.25, 0.3) is 0 Å². The van der Waals surface area contributed by atoms with E-state index in [1.165, 1.54) is 12.1 Å². The Kier molecular flexibility index (Phi) is 3.05. The van der Waals surface area contributed by atoms with E-state index >= 15 is 0 Å².